The molecule has 0 aromatic heterocycles. The molecule has 0 aliphatic rings. The number of nitriles is 1. The van der Waals surface area contributed by atoms with Crippen molar-refractivity contribution in [2.24, 2.45) is 0 Å². The molecular formula is C13H17N3O3S. The van der Waals surface area contributed by atoms with Gasteiger partial charge in [0.05, 0.1) is 24.1 Å². The molecule has 1 aromatic rings. The Balaban J connectivity index is 2.97. The number of amides is 1. The van der Waals surface area contributed by atoms with Gasteiger partial charge in [0, 0.05) is 13.0 Å². The lowest BCUT2D eigenvalue weighted by Gasteiger charge is -2.23. The average molecular weight is 295 g/mol. The van der Waals surface area contributed by atoms with Gasteiger partial charge in [-0.3, -0.25) is 9.10 Å². The molecule has 0 radical (unpaired) electrons. The van der Waals surface area contributed by atoms with Gasteiger partial charge in [-0.2, -0.15) is 5.26 Å². The summed E-state index contributed by atoms with van der Waals surface area (Å²) in [4.78, 5) is 11.2. The van der Waals surface area contributed by atoms with Gasteiger partial charge < -0.3 is 5.32 Å². The van der Waals surface area contributed by atoms with Crippen LogP contribution in [0.2, 0.25) is 0 Å². The molecule has 0 saturated heterocycles. The number of benzene rings is 1. The van der Waals surface area contributed by atoms with Crippen molar-refractivity contribution < 1.29 is 13.2 Å². The van der Waals surface area contributed by atoms with Crippen LogP contribution >= 0.6 is 0 Å². The van der Waals surface area contributed by atoms with Crippen LogP contribution in [0.3, 0.4) is 0 Å². The number of carbonyl (C=O) groups is 1. The molecule has 1 amide bonds. The van der Waals surface area contributed by atoms with Crippen molar-refractivity contribution in [3.8, 4) is 6.07 Å². The lowest BCUT2D eigenvalue weighted by molar-refractivity contribution is -0.120. The lowest BCUT2D eigenvalue weighted by atomic mass is 10.2. The van der Waals surface area contributed by atoms with Crippen LogP contribution in [0.4, 0.5) is 5.69 Å². The van der Waals surface area contributed by atoms with Gasteiger partial charge in [0.1, 0.15) is 6.07 Å². The number of nitrogens with zero attached hydrogens (tertiary/aromatic N) is 2. The van der Waals surface area contributed by atoms with Crippen molar-refractivity contribution in [1.82, 2.24) is 5.32 Å². The van der Waals surface area contributed by atoms with Crippen LogP contribution in [0.15, 0.2) is 24.3 Å². The molecular weight excluding hydrogens is 278 g/mol. The summed E-state index contributed by atoms with van der Waals surface area (Å²) in [5, 5.41) is 11.7. The fourth-order valence-electron chi connectivity index (χ4n) is 1.67. The summed E-state index contributed by atoms with van der Waals surface area (Å²) < 4.78 is 24.8. The second-order valence-electron chi connectivity index (χ2n) is 4.17. The van der Waals surface area contributed by atoms with E-state index in [-0.39, 0.29) is 24.6 Å². The third-order valence-electron chi connectivity index (χ3n) is 2.65. The van der Waals surface area contributed by atoms with Crippen molar-refractivity contribution in [2.45, 2.75) is 13.3 Å². The van der Waals surface area contributed by atoms with E-state index in [0.717, 1.165) is 10.6 Å². The van der Waals surface area contributed by atoms with Gasteiger partial charge in [-0.15, -0.1) is 0 Å². The summed E-state index contributed by atoms with van der Waals surface area (Å²) in [5.41, 5.74) is 0.600. The zero-order valence-electron chi connectivity index (χ0n) is 11.5. The van der Waals surface area contributed by atoms with Gasteiger partial charge in [-0.1, -0.05) is 19.1 Å². The molecule has 0 spiro atoms. The Morgan fingerprint density at radius 1 is 1.40 bits per heavy atom. The maximum atomic E-state index is 11.8. The molecule has 1 rings (SSSR count). The Morgan fingerprint density at radius 2 is 2.05 bits per heavy atom. The van der Waals surface area contributed by atoms with E-state index in [9.17, 15) is 13.2 Å². The van der Waals surface area contributed by atoms with Crippen molar-refractivity contribution in [2.75, 3.05) is 23.7 Å². The van der Waals surface area contributed by atoms with Crippen molar-refractivity contribution in [3.05, 3.63) is 29.8 Å². The topological polar surface area (TPSA) is 90.3 Å². The smallest absolute Gasteiger partial charge is 0.232 e. The second-order valence-corrected chi connectivity index (χ2v) is 6.07. The summed E-state index contributed by atoms with van der Waals surface area (Å²) >= 11 is 0. The number of anilines is 1. The minimum atomic E-state index is -3.52. The Morgan fingerprint density at radius 3 is 2.60 bits per heavy atom. The Bertz CT molecular complexity index is 620. The number of carbonyl (C=O) groups excluding carboxylic acids is 1. The van der Waals surface area contributed by atoms with E-state index < -0.39 is 10.0 Å². The van der Waals surface area contributed by atoms with E-state index in [4.69, 9.17) is 5.26 Å². The first kappa shape index (κ1) is 16.0. The Labute approximate surface area is 119 Å². The third-order valence-corrected chi connectivity index (χ3v) is 3.83. The van der Waals surface area contributed by atoms with E-state index in [1.54, 1.807) is 31.2 Å². The maximum absolute atomic E-state index is 11.8. The van der Waals surface area contributed by atoms with Crippen LogP contribution in [0, 0.1) is 11.3 Å². The molecule has 6 nitrogen and oxygen atoms in total. The summed E-state index contributed by atoms with van der Waals surface area (Å²) in [7, 11) is -3.52. The summed E-state index contributed by atoms with van der Waals surface area (Å²) in [6, 6.07) is 8.42. The number of rotatable bonds is 6. The van der Waals surface area contributed by atoms with Crippen LogP contribution in [-0.4, -0.2) is 33.7 Å². The fraction of sp³-hybridized carbons (Fsp3) is 0.385. The van der Waals surface area contributed by atoms with E-state index >= 15 is 0 Å². The molecule has 0 aliphatic carbocycles. The largest absolute Gasteiger partial charge is 0.354 e. The van der Waals surface area contributed by atoms with Crippen LogP contribution in [0.1, 0.15) is 18.9 Å². The van der Waals surface area contributed by atoms with E-state index in [0.29, 0.717) is 12.1 Å². The predicted molar refractivity (Wildman–Crippen MR) is 76.6 cm³/mol. The van der Waals surface area contributed by atoms with Crippen molar-refractivity contribution >= 4 is 21.6 Å². The third kappa shape index (κ3) is 4.24. The Hall–Kier alpha value is -2.07. The van der Waals surface area contributed by atoms with E-state index in [2.05, 4.69) is 5.32 Å². The highest BCUT2D eigenvalue weighted by Crippen LogP contribution is 2.21. The molecule has 0 atom stereocenters. The first-order chi connectivity index (χ1) is 9.40. The first-order valence-electron chi connectivity index (χ1n) is 6.13. The molecule has 20 heavy (non-hydrogen) atoms. The van der Waals surface area contributed by atoms with Crippen LogP contribution in [0.25, 0.3) is 0 Å². The standard InChI is InChI=1S/C13H17N3O3S/c1-3-13(17)15-8-9-16(20(2,18)19)12-7-5-4-6-11(12)10-14/h4-7H,3,8-9H2,1-2H3,(H,15,17). The summed E-state index contributed by atoms with van der Waals surface area (Å²) in [5.74, 6) is -0.146. The minimum absolute atomic E-state index is 0.0866. The highest BCUT2D eigenvalue weighted by molar-refractivity contribution is 7.92. The SMILES string of the molecule is CCC(=O)NCCN(c1ccccc1C#N)S(C)(=O)=O. The predicted octanol–water partition coefficient (Wildman–Crippen LogP) is 0.850. The van der Waals surface area contributed by atoms with Crippen LogP contribution in [0.5, 0.6) is 0 Å². The molecule has 0 bridgehead atoms. The van der Waals surface area contributed by atoms with Crippen LogP contribution in [-0.2, 0) is 14.8 Å². The van der Waals surface area contributed by atoms with E-state index in [1.165, 1.54) is 0 Å². The molecule has 0 unspecified atom stereocenters. The number of nitrogens with one attached hydrogen (secondary N) is 1. The number of hydrogen-bond donors (Lipinski definition) is 1. The monoisotopic (exact) mass is 295 g/mol. The Kier molecular flexibility index (Phi) is 5.53. The van der Waals surface area contributed by atoms with Crippen molar-refractivity contribution in [3.63, 3.8) is 0 Å². The molecule has 0 fully saturated rings. The maximum Gasteiger partial charge on any atom is 0.232 e. The number of hydrogen-bond acceptors (Lipinski definition) is 4. The molecule has 0 heterocycles. The molecule has 0 saturated carbocycles. The summed E-state index contributed by atoms with van der Waals surface area (Å²) in [6.07, 6.45) is 1.41. The molecule has 1 aromatic carbocycles. The zero-order chi connectivity index (χ0) is 15.2. The molecule has 0 aliphatic heterocycles. The van der Waals surface area contributed by atoms with Crippen molar-refractivity contribution in [1.29, 1.82) is 5.26 Å². The van der Waals surface area contributed by atoms with Gasteiger partial charge in [0.2, 0.25) is 15.9 Å². The normalized spacial score (nSPS) is 10.7. The molecule has 1 N–H and O–H groups in total. The van der Waals surface area contributed by atoms with Gasteiger partial charge >= 0.3 is 0 Å². The van der Waals surface area contributed by atoms with Gasteiger partial charge in [0.25, 0.3) is 0 Å². The minimum Gasteiger partial charge on any atom is -0.354 e. The second kappa shape index (κ2) is 6.91. The summed E-state index contributed by atoms with van der Waals surface area (Å²) in [6.45, 7) is 2.00. The first-order valence-corrected chi connectivity index (χ1v) is 7.98. The average Bonchev–Trinajstić information content (AvgIpc) is 2.42. The highest BCUT2D eigenvalue weighted by atomic mass is 32.2. The quantitative estimate of drug-likeness (QED) is 0.842. The number of sulfonamides is 1. The number of para-hydroxylation sites is 1. The molecule has 108 valence electrons. The van der Waals surface area contributed by atoms with Gasteiger partial charge in [0.15, 0.2) is 0 Å². The fourth-order valence-corrected chi connectivity index (χ4v) is 2.61. The van der Waals surface area contributed by atoms with Gasteiger partial charge in [-0.25, -0.2) is 8.42 Å². The van der Waals surface area contributed by atoms with E-state index in [1.807, 2.05) is 6.07 Å². The van der Waals surface area contributed by atoms with Gasteiger partial charge in [-0.05, 0) is 12.1 Å². The highest BCUT2D eigenvalue weighted by Gasteiger charge is 2.19. The lowest BCUT2D eigenvalue weighted by Crippen LogP contribution is -2.38. The zero-order valence-corrected chi connectivity index (χ0v) is 12.3. The molecule has 7 heteroatoms. The van der Waals surface area contributed by atoms with Crippen LogP contribution < -0.4 is 9.62 Å².